The summed E-state index contributed by atoms with van der Waals surface area (Å²) in [6.07, 6.45) is 10.3. The van der Waals surface area contributed by atoms with Gasteiger partial charge in [-0.1, -0.05) is 6.42 Å². The van der Waals surface area contributed by atoms with Gasteiger partial charge in [-0.25, -0.2) is 4.98 Å². The molecule has 2 aromatic rings. The average molecular weight is 481 g/mol. The number of halogens is 1. The maximum Gasteiger partial charge on any atom is 0.214 e. The van der Waals surface area contributed by atoms with Crippen molar-refractivity contribution >= 4 is 11.4 Å². The lowest BCUT2D eigenvalue weighted by Gasteiger charge is -2.48. The van der Waals surface area contributed by atoms with Crippen LogP contribution < -0.4 is 14.5 Å². The van der Waals surface area contributed by atoms with Gasteiger partial charge in [0.15, 0.2) is 0 Å². The van der Waals surface area contributed by atoms with Crippen LogP contribution in [0.1, 0.15) is 44.9 Å². The number of rotatable bonds is 5. The van der Waals surface area contributed by atoms with E-state index in [0.29, 0.717) is 12.7 Å². The van der Waals surface area contributed by atoms with Gasteiger partial charge < -0.3 is 24.2 Å². The van der Waals surface area contributed by atoms with Gasteiger partial charge in [-0.05, 0) is 68.9 Å². The summed E-state index contributed by atoms with van der Waals surface area (Å²) >= 11 is 0. The number of ether oxygens (including phenoxy) is 2. The maximum absolute atomic E-state index is 13.6. The quantitative estimate of drug-likeness (QED) is 0.588. The summed E-state index contributed by atoms with van der Waals surface area (Å²) < 4.78 is 26.3. The molecule has 35 heavy (non-hydrogen) atoms. The molecule has 6 nitrogen and oxygen atoms in total. The summed E-state index contributed by atoms with van der Waals surface area (Å²) in [6, 6.07) is 12.9. The van der Waals surface area contributed by atoms with Gasteiger partial charge in [0.05, 0.1) is 12.2 Å². The van der Waals surface area contributed by atoms with Crippen molar-refractivity contribution in [2.75, 3.05) is 55.7 Å². The molecule has 0 amide bonds. The number of morpholine rings is 1. The highest BCUT2D eigenvalue weighted by molar-refractivity contribution is 5.50. The second kappa shape index (κ2) is 9.94. The van der Waals surface area contributed by atoms with Gasteiger partial charge in [-0.2, -0.15) is 4.39 Å². The third-order valence-corrected chi connectivity index (χ3v) is 8.57. The monoisotopic (exact) mass is 480 g/mol. The molecule has 6 rings (SSSR count). The Bertz CT molecular complexity index is 983. The Kier molecular flexibility index (Phi) is 6.54. The second-order valence-corrected chi connectivity index (χ2v) is 10.7. The van der Waals surface area contributed by atoms with Gasteiger partial charge in [0, 0.05) is 68.9 Å². The van der Waals surface area contributed by atoms with Gasteiger partial charge in [0.25, 0.3) is 0 Å². The van der Waals surface area contributed by atoms with E-state index in [0.717, 1.165) is 69.3 Å². The van der Waals surface area contributed by atoms with Crippen molar-refractivity contribution in [1.29, 1.82) is 0 Å². The summed E-state index contributed by atoms with van der Waals surface area (Å²) in [6.45, 7) is 6.54. The molecule has 0 radical (unpaired) electrons. The summed E-state index contributed by atoms with van der Waals surface area (Å²) in [5.41, 5.74) is 1.98. The molecule has 4 heterocycles. The van der Waals surface area contributed by atoms with E-state index < -0.39 is 5.95 Å². The molecular weight excluding hydrogens is 443 g/mol. The summed E-state index contributed by atoms with van der Waals surface area (Å²) in [4.78, 5) is 11.0. The predicted molar refractivity (Wildman–Crippen MR) is 136 cm³/mol. The van der Waals surface area contributed by atoms with E-state index in [1.165, 1.54) is 44.1 Å². The van der Waals surface area contributed by atoms with Crippen molar-refractivity contribution in [1.82, 2.24) is 9.88 Å². The molecule has 4 aliphatic rings. The van der Waals surface area contributed by atoms with Gasteiger partial charge in [-0.3, -0.25) is 0 Å². The smallest absolute Gasteiger partial charge is 0.214 e. The molecule has 188 valence electrons. The fourth-order valence-electron chi connectivity index (χ4n) is 6.17. The minimum absolute atomic E-state index is 0.161. The van der Waals surface area contributed by atoms with Crippen molar-refractivity contribution < 1.29 is 13.9 Å². The molecule has 0 bridgehead atoms. The van der Waals surface area contributed by atoms with Crippen molar-refractivity contribution in [2.45, 2.75) is 62.7 Å². The number of hydrogen-bond donors (Lipinski definition) is 0. The first-order valence-corrected chi connectivity index (χ1v) is 13.4. The van der Waals surface area contributed by atoms with E-state index in [1.54, 1.807) is 6.20 Å². The number of benzene rings is 1. The maximum atomic E-state index is 13.6. The van der Waals surface area contributed by atoms with Crippen LogP contribution in [0.2, 0.25) is 0 Å². The standard InChI is InChI=1S/C28H37FN4O2/c29-27-20-24(8-13-30-27)33-18-19-34-28(21-33)11-16-32(17-12-28)23-4-6-25(7-5-23)35-26-9-14-31(15-10-26)22-2-1-3-22/h4-8,13,20,22,26H,1-3,9-12,14-19,21H2. The topological polar surface area (TPSA) is 41.1 Å². The molecule has 1 spiro atoms. The summed E-state index contributed by atoms with van der Waals surface area (Å²) in [5.74, 6) is 0.560. The highest BCUT2D eigenvalue weighted by atomic mass is 19.1. The van der Waals surface area contributed by atoms with Crippen molar-refractivity contribution in [2.24, 2.45) is 0 Å². The van der Waals surface area contributed by atoms with Gasteiger partial charge in [-0.15, -0.1) is 0 Å². The third kappa shape index (κ3) is 5.12. The van der Waals surface area contributed by atoms with Gasteiger partial charge >= 0.3 is 0 Å². The minimum atomic E-state index is -0.426. The Balaban J connectivity index is 1.00. The van der Waals surface area contributed by atoms with Crippen molar-refractivity contribution in [3.63, 3.8) is 0 Å². The van der Waals surface area contributed by atoms with Crippen LogP contribution in [0, 0.1) is 5.95 Å². The Morgan fingerprint density at radius 1 is 0.886 bits per heavy atom. The van der Waals surface area contributed by atoms with E-state index >= 15 is 0 Å². The predicted octanol–water partition coefficient (Wildman–Crippen LogP) is 4.49. The largest absolute Gasteiger partial charge is 0.490 e. The first-order chi connectivity index (χ1) is 17.2. The van der Waals surface area contributed by atoms with Gasteiger partial charge in [0.2, 0.25) is 5.95 Å². The molecule has 0 N–H and O–H groups in total. The van der Waals surface area contributed by atoms with Crippen LogP contribution in [0.3, 0.4) is 0 Å². The average Bonchev–Trinajstić information content (AvgIpc) is 2.85. The number of hydrogen-bond acceptors (Lipinski definition) is 6. The number of anilines is 2. The Morgan fingerprint density at radius 2 is 1.66 bits per heavy atom. The first-order valence-electron chi connectivity index (χ1n) is 13.4. The highest BCUT2D eigenvalue weighted by Gasteiger charge is 2.40. The lowest BCUT2D eigenvalue weighted by Crippen LogP contribution is -2.57. The zero-order valence-corrected chi connectivity index (χ0v) is 20.6. The lowest BCUT2D eigenvalue weighted by molar-refractivity contribution is -0.0704. The van der Waals surface area contributed by atoms with E-state index in [4.69, 9.17) is 9.47 Å². The Morgan fingerprint density at radius 3 is 2.34 bits per heavy atom. The number of likely N-dealkylation sites (tertiary alicyclic amines) is 1. The van der Waals surface area contributed by atoms with Crippen LogP contribution in [-0.2, 0) is 4.74 Å². The zero-order valence-electron chi connectivity index (χ0n) is 20.6. The minimum Gasteiger partial charge on any atom is -0.490 e. The number of pyridine rings is 1. The fourth-order valence-corrected chi connectivity index (χ4v) is 6.17. The SMILES string of the molecule is Fc1cc(N2CCOC3(CCN(c4ccc(OC5CCN(C6CCC6)CC5)cc4)CC3)C2)ccn1. The molecule has 3 aliphatic heterocycles. The van der Waals surface area contributed by atoms with Crippen LogP contribution in [0.25, 0.3) is 0 Å². The van der Waals surface area contributed by atoms with Crippen molar-refractivity contribution in [3.05, 3.63) is 48.5 Å². The van der Waals surface area contributed by atoms with Crippen LogP contribution in [0.15, 0.2) is 42.6 Å². The van der Waals surface area contributed by atoms with E-state index in [-0.39, 0.29) is 5.60 Å². The highest BCUT2D eigenvalue weighted by Crippen LogP contribution is 2.35. The number of aromatic nitrogens is 1. The zero-order chi connectivity index (χ0) is 23.7. The normalized spacial score (nSPS) is 23.9. The molecule has 4 fully saturated rings. The third-order valence-electron chi connectivity index (χ3n) is 8.57. The lowest BCUT2D eigenvalue weighted by atomic mass is 9.89. The molecule has 3 saturated heterocycles. The van der Waals surface area contributed by atoms with Crippen LogP contribution in [0.5, 0.6) is 5.75 Å². The summed E-state index contributed by atoms with van der Waals surface area (Å²) in [7, 11) is 0. The van der Waals surface area contributed by atoms with Crippen LogP contribution in [-0.4, -0.2) is 73.5 Å². The Labute approximate surface area is 208 Å². The first kappa shape index (κ1) is 23.0. The molecule has 1 saturated carbocycles. The van der Waals surface area contributed by atoms with Gasteiger partial charge in [0.1, 0.15) is 11.9 Å². The number of piperidine rings is 2. The van der Waals surface area contributed by atoms with E-state index in [9.17, 15) is 4.39 Å². The molecular formula is C28H37FN4O2. The van der Waals surface area contributed by atoms with E-state index in [1.807, 2.05) is 6.07 Å². The van der Waals surface area contributed by atoms with E-state index in [2.05, 4.69) is 43.9 Å². The van der Waals surface area contributed by atoms with Crippen LogP contribution >= 0.6 is 0 Å². The van der Waals surface area contributed by atoms with Crippen molar-refractivity contribution in [3.8, 4) is 5.75 Å². The molecule has 1 aliphatic carbocycles. The molecule has 0 unspecified atom stereocenters. The fraction of sp³-hybridized carbons (Fsp3) is 0.607. The Hall–Kier alpha value is -2.38. The summed E-state index contributed by atoms with van der Waals surface area (Å²) in [5, 5.41) is 0. The molecule has 1 aromatic carbocycles. The molecule has 7 heteroatoms. The molecule has 1 aromatic heterocycles. The number of nitrogens with zero attached hydrogens (tertiary/aromatic N) is 4. The molecule has 0 atom stereocenters. The van der Waals surface area contributed by atoms with Crippen LogP contribution in [0.4, 0.5) is 15.8 Å². The second-order valence-electron chi connectivity index (χ2n) is 10.7.